The van der Waals surface area contributed by atoms with Gasteiger partial charge in [-0.2, -0.15) is 0 Å². The quantitative estimate of drug-likeness (QED) is 0.634. The van der Waals surface area contributed by atoms with E-state index in [9.17, 15) is 18.5 Å². The van der Waals surface area contributed by atoms with Gasteiger partial charge in [0, 0.05) is 11.6 Å². The molecule has 1 heterocycles. The van der Waals surface area contributed by atoms with Crippen molar-refractivity contribution in [2.45, 2.75) is 50.8 Å². The Labute approximate surface area is 128 Å². The smallest absolute Gasteiger partial charge is 0.304 e. The van der Waals surface area contributed by atoms with Crippen molar-refractivity contribution in [2.75, 3.05) is 5.73 Å². The van der Waals surface area contributed by atoms with Crippen LogP contribution in [0.4, 0.5) is 10.7 Å². The maximum atomic E-state index is 12.3. The second-order valence-electron chi connectivity index (χ2n) is 6.80. The number of nitrogens with two attached hydrogens (primary N) is 1. The molecule has 0 unspecified atom stereocenters. The minimum Gasteiger partial charge on any atom is -0.385 e. The van der Waals surface area contributed by atoms with Crippen LogP contribution in [0.3, 0.4) is 0 Å². The van der Waals surface area contributed by atoms with Crippen molar-refractivity contribution in [3.63, 3.8) is 0 Å². The number of rotatable bonds is 5. The Bertz CT molecular complexity index is 642. The fraction of sp³-hybridized carbons (Fsp3) is 0.667. The van der Waals surface area contributed by atoms with E-state index in [2.05, 4.69) is 4.72 Å². The van der Waals surface area contributed by atoms with E-state index in [0.717, 1.165) is 6.07 Å². The van der Waals surface area contributed by atoms with Gasteiger partial charge >= 0.3 is 5.69 Å². The highest BCUT2D eigenvalue weighted by Crippen LogP contribution is 2.35. The number of nitrogens with zero attached hydrogens (tertiary/aromatic N) is 1. The molecule has 0 aliphatic carbocycles. The standard InChI is InChI=1S/C12H21N3O4S2/c1-11(2,3)7-12(4,5)14-21(18,19)9-6-8(15(16)17)10(13)20-9/h6,14H,7,13H2,1-5H3. The van der Waals surface area contributed by atoms with E-state index in [-0.39, 0.29) is 20.3 Å². The molecule has 120 valence electrons. The second-order valence-corrected chi connectivity index (χ2v) is 9.79. The third-order valence-corrected chi connectivity index (χ3v) is 5.69. The molecular weight excluding hydrogens is 314 g/mol. The molecular formula is C12H21N3O4S2. The van der Waals surface area contributed by atoms with Crippen molar-refractivity contribution < 1.29 is 13.3 Å². The number of thiophene rings is 1. The first-order chi connectivity index (χ1) is 9.23. The molecule has 0 amide bonds. The van der Waals surface area contributed by atoms with E-state index in [1.165, 1.54) is 0 Å². The summed E-state index contributed by atoms with van der Waals surface area (Å²) in [5, 5.41) is 10.6. The Kier molecular flexibility index (Phi) is 4.71. The van der Waals surface area contributed by atoms with Gasteiger partial charge in [0.2, 0.25) is 0 Å². The fourth-order valence-corrected chi connectivity index (χ4v) is 5.05. The molecule has 0 radical (unpaired) electrons. The van der Waals surface area contributed by atoms with Crippen molar-refractivity contribution in [1.29, 1.82) is 0 Å². The SMILES string of the molecule is CC(C)(C)CC(C)(C)NS(=O)(=O)c1cc([N+](=O)[O-])c(N)s1. The van der Waals surface area contributed by atoms with Gasteiger partial charge in [-0.25, -0.2) is 13.1 Å². The van der Waals surface area contributed by atoms with Gasteiger partial charge in [-0.3, -0.25) is 10.1 Å². The molecule has 0 bridgehead atoms. The zero-order valence-electron chi connectivity index (χ0n) is 12.8. The maximum absolute atomic E-state index is 12.3. The molecule has 0 fully saturated rings. The van der Waals surface area contributed by atoms with Crippen molar-refractivity contribution in [3.05, 3.63) is 16.2 Å². The Morgan fingerprint density at radius 3 is 2.24 bits per heavy atom. The first kappa shape index (κ1) is 17.9. The van der Waals surface area contributed by atoms with Gasteiger partial charge in [0.25, 0.3) is 10.0 Å². The summed E-state index contributed by atoms with van der Waals surface area (Å²) >= 11 is 0.694. The summed E-state index contributed by atoms with van der Waals surface area (Å²) in [5.41, 5.74) is 4.37. The molecule has 0 aliphatic rings. The van der Waals surface area contributed by atoms with E-state index < -0.39 is 20.5 Å². The number of nitro groups is 1. The topological polar surface area (TPSA) is 115 Å². The summed E-state index contributed by atoms with van der Waals surface area (Å²) in [7, 11) is -3.84. The highest BCUT2D eigenvalue weighted by molar-refractivity contribution is 7.91. The molecule has 0 spiro atoms. The van der Waals surface area contributed by atoms with Crippen LogP contribution in [0.5, 0.6) is 0 Å². The van der Waals surface area contributed by atoms with Gasteiger partial charge in [0.1, 0.15) is 4.21 Å². The predicted molar refractivity (Wildman–Crippen MR) is 83.9 cm³/mol. The molecule has 0 saturated heterocycles. The lowest BCUT2D eigenvalue weighted by Crippen LogP contribution is -2.45. The van der Waals surface area contributed by atoms with Crippen LogP contribution in [0.15, 0.2) is 10.3 Å². The molecule has 1 rings (SSSR count). The summed E-state index contributed by atoms with van der Waals surface area (Å²) < 4.78 is 27.1. The van der Waals surface area contributed by atoms with E-state index in [1.807, 2.05) is 20.8 Å². The van der Waals surface area contributed by atoms with Crippen LogP contribution >= 0.6 is 11.3 Å². The van der Waals surface area contributed by atoms with Crippen LogP contribution in [0.2, 0.25) is 0 Å². The van der Waals surface area contributed by atoms with Crippen LogP contribution < -0.4 is 10.5 Å². The van der Waals surface area contributed by atoms with Crippen molar-refractivity contribution >= 4 is 32.0 Å². The third kappa shape index (κ3) is 4.94. The van der Waals surface area contributed by atoms with E-state index >= 15 is 0 Å². The Balaban J connectivity index is 3.07. The summed E-state index contributed by atoms with van der Waals surface area (Å²) in [6, 6.07) is 0.996. The first-order valence-corrected chi connectivity index (χ1v) is 8.61. The summed E-state index contributed by atoms with van der Waals surface area (Å²) in [4.78, 5) is 10.1. The zero-order chi connectivity index (χ0) is 16.6. The first-order valence-electron chi connectivity index (χ1n) is 6.31. The van der Waals surface area contributed by atoms with E-state index in [1.54, 1.807) is 13.8 Å². The summed E-state index contributed by atoms with van der Waals surface area (Å²) in [6.07, 6.45) is 0.613. The van der Waals surface area contributed by atoms with Crippen LogP contribution in [0.1, 0.15) is 41.0 Å². The van der Waals surface area contributed by atoms with Gasteiger partial charge in [-0.1, -0.05) is 32.1 Å². The average Bonchev–Trinajstić information content (AvgIpc) is 2.54. The molecule has 0 aliphatic heterocycles. The molecule has 0 atom stereocenters. The molecule has 1 aromatic rings. The minimum atomic E-state index is -3.84. The normalized spacial score (nSPS) is 13.4. The molecule has 7 nitrogen and oxygen atoms in total. The summed E-state index contributed by atoms with van der Waals surface area (Å²) in [5.74, 6) is 0. The molecule has 0 saturated carbocycles. The zero-order valence-corrected chi connectivity index (χ0v) is 14.4. The molecule has 21 heavy (non-hydrogen) atoms. The highest BCUT2D eigenvalue weighted by Gasteiger charge is 2.33. The van der Waals surface area contributed by atoms with Crippen molar-refractivity contribution in [3.8, 4) is 0 Å². The Morgan fingerprint density at radius 1 is 1.33 bits per heavy atom. The van der Waals surface area contributed by atoms with E-state index in [4.69, 9.17) is 5.73 Å². The molecule has 1 aromatic heterocycles. The van der Waals surface area contributed by atoms with Crippen molar-refractivity contribution in [2.24, 2.45) is 5.41 Å². The van der Waals surface area contributed by atoms with Gasteiger partial charge in [-0.05, 0) is 25.7 Å². The van der Waals surface area contributed by atoms with Crippen LogP contribution in [0, 0.1) is 15.5 Å². The predicted octanol–water partition coefficient (Wildman–Crippen LogP) is 2.73. The molecule has 3 N–H and O–H groups in total. The number of nitrogens with one attached hydrogen (secondary N) is 1. The number of nitrogen functional groups attached to an aromatic ring is 1. The van der Waals surface area contributed by atoms with Crippen molar-refractivity contribution in [1.82, 2.24) is 4.72 Å². The van der Waals surface area contributed by atoms with Gasteiger partial charge < -0.3 is 5.73 Å². The monoisotopic (exact) mass is 335 g/mol. The van der Waals surface area contributed by atoms with Gasteiger partial charge in [-0.15, -0.1) is 0 Å². The van der Waals surface area contributed by atoms with Crippen LogP contribution in [0.25, 0.3) is 0 Å². The highest BCUT2D eigenvalue weighted by atomic mass is 32.2. The van der Waals surface area contributed by atoms with E-state index in [0.29, 0.717) is 17.8 Å². The third-order valence-electron chi connectivity index (χ3n) is 2.56. The molecule has 0 aromatic carbocycles. The molecule has 9 heteroatoms. The van der Waals surface area contributed by atoms with Crippen LogP contribution in [-0.2, 0) is 10.0 Å². The Morgan fingerprint density at radius 2 is 1.86 bits per heavy atom. The number of sulfonamides is 1. The average molecular weight is 335 g/mol. The Hall–Kier alpha value is -1.19. The number of anilines is 1. The largest absolute Gasteiger partial charge is 0.385 e. The van der Waals surface area contributed by atoms with Crippen LogP contribution in [-0.4, -0.2) is 18.9 Å². The number of hydrogen-bond acceptors (Lipinski definition) is 6. The lowest BCUT2D eigenvalue weighted by molar-refractivity contribution is -0.383. The number of hydrogen-bond donors (Lipinski definition) is 2. The summed E-state index contributed by atoms with van der Waals surface area (Å²) in [6.45, 7) is 9.59. The van der Waals surface area contributed by atoms with Gasteiger partial charge in [0.15, 0.2) is 5.00 Å². The lowest BCUT2D eigenvalue weighted by atomic mass is 9.82. The minimum absolute atomic E-state index is 0.0630. The second kappa shape index (κ2) is 5.54. The lowest BCUT2D eigenvalue weighted by Gasteiger charge is -2.32. The van der Waals surface area contributed by atoms with Gasteiger partial charge in [0.05, 0.1) is 4.92 Å². The fourth-order valence-electron chi connectivity index (χ4n) is 2.42. The maximum Gasteiger partial charge on any atom is 0.304 e.